The van der Waals surface area contributed by atoms with Crippen LogP contribution in [0.3, 0.4) is 0 Å². The van der Waals surface area contributed by atoms with Crippen LogP contribution in [0.4, 0.5) is 14.5 Å². The first-order valence-electron chi connectivity index (χ1n) is 13.2. The number of thiophene rings is 1. The highest BCUT2D eigenvalue weighted by atomic mass is 32.1. The monoisotopic (exact) mass is 572 g/mol. The van der Waals surface area contributed by atoms with Crippen LogP contribution in [0.25, 0.3) is 20.8 Å². The number of carbonyl (C=O) groups excluding carboxylic acids is 2. The maximum Gasteiger partial charge on any atom is 0.240 e. The average Bonchev–Trinajstić information content (AvgIpc) is 3.43. The van der Waals surface area contributed by atoms with E-state index in [-0.39, 0.29) is 23.9 Å². The summed E-state index contributed by atoms with van der Waals surface area (Å²) in [4.78, 5) is 37.6. The van der Waals surface area contributed by atoms with E-state index in [0.29, 0.717) is 29.8 Å². The fourth-order valence-corrected chi connectivity index (χ4v) is 5.86. The van der Waals surface area contributed by atoms with E-state index in [9.17, 15) is 14.0 Å². The summed E-state index contributed by atoms with van der Waals surface area (Å²) in [5.41, 5.74) is 1.37. The van der Waals surface area contributed by atoms with Crippen LogP contribution in [0.2, 0.25) is 0 Å². The molecule has 6 rings (SSSR count). The first kappa shape index (κ1) is 26.8. The third-order valence-electron chi connectivity index (χ3n) is 7.42. The third-order valence-corrected chi connectivity index (χ3v) is 8.58. The highest BCUT2D eigenvalue weighted by Gasteiger charge is 2.56. The number of hydrogen-bond donors (Lipinski definition) is 0. The fourth-order valence-electron chi connectivity index (χ4n) is 4.83. The van der Waals surface area contributed by atoms with Crippen molar-refractivity contribution in [1.29, 1.82) is 0 Å². The van der Waals surface area contributed by atoms with E-state index in [2.05, 4.69) is 9.97 Å². The summed E-state index contributed by atoms with van der Waals surface area (Å²) in [7, 11) is 1.57. The van der Waals surface area contributed by atoms with Crippen molar-refractivity contribution in [2.75, 3.05) is 11.9 Å². The van der Waals surface area contributed by atoms with Gasteiger partial charge in [-0.3, -0.25) is 14.6 Å². The van der Waals surface area contributed by atoms with Gasteiger partial charge in [-0.1, -0.05) is 6.07 Å². The lowest BCUT2D eigenvalue weighted by Gasteiger charge is -2.23. The number of carbonyl (C=O) groups is 2. The Labute approximate surface area is 239 Å². The molecule has 0 atom stereocenters. The Balaban J connectivity index is 1.17. The predicted octanol–water partition coefficient (Wildman–Crippen LogP) is 6.81. The van der Waals surface area contributed by atoms with Crippen molar-refractivity contribution >= 4 is 38.9 Å². The van der Waals surface area contributed by atoms with E-state index in [4.69, 9.17) is 4.74 Å². The van der Waals surface area contributed by atoms with Crippen molar-refractivity contribution in [3.05, 3.63) is 90.5 Å². The molecule has 0 saturated heterocycles. The normalized spacial score (nSPS) is 13.8. The van der Waals surface area contributed by atoms with Gasteiger partial charge in [-0.2, -0.15) is 0 Å². The topological polar surface area (TPSA) is 77.3 Å². The first-order valence-corrected chi connectivity index (χ1v) is 14.0. The van der Waals surface area contributed by atoms with Crippen LogP contribution in [-0.2, 0) is 22.6 Å². The Hall–Kier alpha value is -4.44. The van der Waals surface area contributed by atoms with Gasteiger partial charge in [0, 0.05) is 44.2 Å². The number of rotatable bonds is 9. The number of amides is 1. The second kappa shape index (κ2) is 10.5. The molecule has 10 heteroatoms. The molecule has 41 heavy (non-hydrogen) atoms. The quantitative estimate of drug-likeness (QED) is 0.182. The van der Waals surface area contributed by atoms with Crippen LogP contribution < -0.4 is 9.64 Å². The maximum atomic E-state index is 15.2. The minimum atomic E-state index is -1.14. The Bertz CT molecular complexity index is 1780. The molecule has 1 amide bonds. The molecule has 0 aliphatic heterocycles. The number of hydrogen-bond acceptors (Lipinski definition) is 6. The molecule has 1 fully saturated rings. The van der Waals surface area contributed by atoms with Crippen molar-refractivity contribution in [3.63, 3.8) is 0 Å². The lowest BCUT2D eigenvalue weighted by atomic mass is 9.93. The summed E-state index contributed by atoms with van der Waals surface area (Å²) >= 11 is 1.47. The average molecular weight is 573 g/mol. The molecule has 3 heterocycles. The molecule has 0 N–H and O–H groups in total. The highest BCUT2D eigenvalue weighted by molar-refractivity contribution is 7.22. The zero-order valence-corrected chi connectivity index (χ0v) is 23.3. The molecule has 208 valence electrons. The Kier molecular flexibility index (Phi) is 6.86. The van der Waals surface area contributed by atoms with Gasteiger partial charge in [0.25, 0.3) is 0 Å². The van der Waals surface area contributed by atoms with E-state index >= 15 is 4.39 Å². The van der Waals surface area contributed by atoms with E-state index in [1.165, 1.54) is 52.6 Å². The summed E-state index contributed by atoms with van der Waals surface area (Å²) in [5, 5.41) is 0. The molecule has 0 bridgehead atoms. The van der Waals surface area contributed by atoms with Crippen LogP contribution in [0.5, 0.6) is 11.5 Å². The number of aryl methyl sites for hydroxylation is 1. The van der Waals surface area contributed by atoms with Crippen LogP contribution in [0.15, 0.2) is 73.3 Å². The summed E-state index contributed by atoms with van der Waals surface area (Å²) < 4.78 is 37.2. The maximum absolute atomic E-state index is 15.2. The van der Waals surface area contributed by atoms with Gasteiger partial charge in [0.15, 0.2) is 17.3 Å². The number of pyridine rings is 1. The lowest BCUT2D eigenvalue weighted by molar-refractivity contribution is -0.133. The molecule has 1 aliphatic carbocycles. The van der Waals surface area contributed by atoms with Gasteiger partial charge >= 0.3 is 0 Å². The number of Topliss-reactive ketones (excluding diaryl/α,β-unsaturated/α-hetero) is 1. The van der Waals surface area contributed by atoms with Gasteiger partial charge in [-0.05, 0) is 67.8 Å². The number of anilines is 1. The van der Waals surface area contributed by atoms with Crippen molar-refractivity contribution in [1.82, 2.24) is 14.5 Å². The molecule has 3 aromatic heterocycles. The largest absolute Gasteiger partial charge is 0.453 e. The van der Waals surface area contributed by atoms with Gasteiger partial charge in [-0.25, -0.2) is 13.8 Å². The SMILES string of the molecule is CCn1cnc(-c2cc3nccc(Oc4ccc(CC(=O)C5(C(=O)N(C)c6ccc(F)cc6)CC5)cc4F)c3s2)c1. The predicted molar refractivity (Wildman–Crippen MR) is 153 cm³/mol. The smallest absolute Gasteiger partial charge is 0.240 e. The molecule has 5 aromatic rings. The summed E-state index contributed by atoms with van der Waals surface area (Å²) in [6.45, 7) is 2.85. The molecule has 7 nitrogen and oxygen atoms in total. The standard InChI is InChI=1S/C31H26F2N4O3S/c1-3-37-17-24(35-18-37)27-16-23-29(41-27)26(10-13-34-23)40-25-9-4-19(14-22(25)33)15-28(38)31(11-12-31)30(39)36(2)21-7-5-20(32)6-8-21/h4-10,13-14,16-18H,3,11-12,15H2,1-2H3. The number of ketones is 1. The number of aromatic nitrogens is 3. The number of fused-ring (bicyclic) bond motifs is 1. The molecule has 1 saturated carbocycles. The minimum absolute atomic E-state index is 0.0205. The molecule has 1 aliphatic rings. The third kappa shape index (κ3) is 5.11. The minimum Gasteiger partial charge on any atom is -0.453 e. The van der Waals surface area contributed by atoms with Gasteiger partial charge in [0.1, 0.15) is 17.0 Å². The second-order valence-electron chi connectivity index (χ2n) is 10.1. The first-order chi connectivity index (χ1) is 19.8. The number of nitrogens with zero attached hydrogens (tertiary/aromatic N) is 4. The summed E-state index contributed by atoms with van der Waals surface area (Å²) in [5.74, 6) is -1.14. The van der Waals surface area contributed by atoms with Gasteiger partial charge in [-0.15, -0.1) is 11.3 Å². The zero-order valence-electron chi connectivity index (χ0n) is 22.4. The molecular formula is C31H26F2N4O3S. The van der Waals surface area contributed by atoms with Crippen molar-refractivity contribution in [3.8, 4) is 22.1 Å². The van der Waals surface area contributed by atoms with Crippen LogP contribution in [0.1, 0.15) is 25.3 Å². The van der Waals surface area contributed by atoms with Crippen LogP contribution in [-0.4, -0.2) is 33.3 Å². The van der Waals surface area contributed by atoms with Crippen molar-refractivity contribution in [2.24, 2.45) is 5.41 Å². The number of benzene rings is 2. The molecule has 0 unspecified atom stereocenters. The number of ether oxygens (including phenoxy) is 1. The van der Waals surface area contributed by atoms with Crippen molar-refractivity contribution < 1.29 is 23.1 Å². The molecule has 0 spiro atoms. The van der Waals surface area contributed by atoms with Gasteiger partial charge in [0.2, 0.25) is 5.91 Å². The Morgan fingerprint density at radius 1 is 1.05 bits per heavy atom. The highest BCUT2D eigenvalue weighted by Crippen LogP contribution is 2.49. The molecule has 0 radical (unpaired) electrons. The molecular weight excluding hydrogens is 546 g/mol. The van der Waals surface area contributed by atoms with E-state index < -0.39 is 17.0 Å². The zero-order chi connectivity index (χ0) is 28.7. The van der Waals surface area contributed by atoms with E-state index in [1.807, 2.05) is 23.8 Å². The summed E-state index contributed by atoms with van der Waals surface area (Å²) in [6.07, 6.45) is 6.12. The molecule has 2 aromatic carbocycles. The van der Waals surface area contributed by atoms with Gasteiger partial charge in [0.05, 0.1) is 27.1 Å². The Morgan fingerprint density at radius 3 is 2.51 bits per heavy atom. The van der Waals surface area contributed by atoms with E-state index in [1.54, 1.807) is 31.7 Å². The van der Waals surface area contributed by atoms with Crippen LogP contribution >= 0.6 is 11.3 Å². The number of imidazole rings is 1. The van der Waals surface area contributed by atoms with Crippen LogP contribution in [0, 0.1) is 17.0 Å². The summed E-state index contributed by atoms with van der Waals surface area (Å²) in [6, 6.07) is 13.5. The fraction of sp³-hybridized carbons (Fsp3) is 0.226. The second-order valence-corrected chi connectivity index (χ2v) is 11.2. The number of halogens is 2. The van der Waals surface area contributed by atoms with Crippen molar-refractivity contribution in [2.45, 2.75) is 32.7 Å². The van der Waals surface area contributed by atoms with Gasteiger partial charge < -0.3 is 14.2 Å². The van der Waals surface area contributed by atoms with E-state index in [0.717, 1.165) is 27.3 Å². The lowest BCUT2D eigenvalue weighted by Crippen LogP contribution is -2.39. The Morgan fingerprint density at radius 2 is 1.83 bits per heavy atom.